The Balaban J connectivity index is 1.83. The fraction of sp³-hybridized carbons (Fsp3) is 0.208. The number of carbonyl (C=O) groups excluding carboxylic acids is 1. The van der Waals surface area contributed by atoms with Crippen molar-refractivity contribution < 1.29 is 9.53 Å². The minimum Gasteiger partial charge on any atom is -0.465 e. The first-order valence-corrected chi connectivity index (χ1v) is 10.3. The van der Waals surface area contributed by atoms with Crippen LogP contribution in [0.4, 0.5) is 0 Å². The normalized spacial score (nSPS) is 16.0. The Labute approximate surface area is 178 Å². The molecule has 1 aliphatic heterocycles. The van der Waals surface area contributed by atoms with Gasteiger partial charge in [0.15, 0.2) is 5.65 Å². The zero-order chi connectivity index (χ0) is 21.4. The first-order valence-electron chi connectivity index (χ1n) is 10.3. The summed E-state index contributed by atoms with van der Waals surface area (Å²) >= 11 is 0. The van der Waals surface area contributed by atoms with E-state index in [1.165, 1.54) is 7.11 Å². The molecular formula is C24H22N4O3. The van der Waals surface area contributed by atoms with Crippen LogP contribution in [-0.2, 0) is 4.74 Å². The maximum absolute atomic E-state index is 13.8. The predicted molar refractivity (Wildman–Crippen MR) is 119 cm³/mol. The van der Waals surface area contributed by atoms with E-state index in [1.807, 2.05) is 48.5 Å². The molecular weight excluding hydrogens is 392 g/mol. The molecule has 5 rings (SSSR count). The first-order chi connectivity index (χ1) is 15.2. The minimum absolute atomic E-state index is 0.0371. The second-order valence-electron chi connectivity index (χ2n) is 7.57. The first kappa shape index (κ1) is 19.3. The lowest BCUT2D eigenvalue weighted by atomic mass is 10.0. The largest absolute Gasteiger partial charge is 0.465 e. The molecule has 0 radical (unpaired) electrons. The van der Waals surface area contributed by atoms with Crippen LogP contribution in [0.2, 0.25) is 0 Å². The van der Waals surface area contributed by atoms with Gasteiger partial charge in [0.2, 0.25) is 0 Å². The Morgan fingerprint density at radius 3 is 2.71 bits per heavy atom. The highest BCUT2D eigenvalue weighted by molar-refractivity contribution is 5.92. The second-order valence-corrected chi connectivity index (χ2v) is 7.57. The average molecular weight is 414 g/mol. The summed E-state index contributed by atoms with van der Waals surface area (Å²) in [5.41, 5.74) is 4.00. The SMILES string of the molecule is COC(=O)c1ccc(-c2ccccc2)c(-n2c(=O)n(C3CCNC3)c3ncccc32)c1. The van der Waals surface area contributed by atoms with Crippen molar-refractivity contribution in [1.29, 1.82) is 0 Å². The zero-order valence-corrected chi connectivity index (χ0v) is 17.1. The number of methoxy groups -OCH3 is 1. The third kappa shape index (κ3) is 3.23. The van der Waals surface area contributed by atoms with E-state index in [4.69, 9.17) is 4.74 Å². The summed E-state index contributed by atoms with van der Waals surface area (Å²) < 4.78 is 8.36. The van der Waals surface area contributed by atoms with Gasteiger partial charge in [0.1, 0.15) is 0 Å². The van der Waals surface area contributed by atoms with Gasteiger partial charge in [0.25, 0.3) is 0 Å². The molecule has 0 spiro atoms. The van der Waals surface area contributed by atoms with Gasteiger partial charge in [-0.05, 0) is 42.8 Å². The standard InChI is InChI=1S/C24H22N4O3/c1-31-23(29)17-9-10-19(16-6-3-2-4-7-16)21(14-17)28-20-8-5-12-26-22(20)27(24(28)30)18-11-13-25-15-18/h2-10,12,14,18,25H,11,13,15H2,1H3. The summed E-state index contributed by atoms with van der Waals surface area (Å²) in [6.45, 7) is 1.59. The van der Waals surface area contributed by atoms with Crippen LogP contribution in [0.15, 0.2) is 71.7 Å². The van der Waals surface area contributed by atoms with E-state index in [-0.39, 0.29) is 11.7 Å². The molecule has 1 aliphatic rings. The molecule has 0 amide bonds. The topological polar surface area (TPSA) is 78.1 Å². The van der Waals surface area contributed by atoms with Crippen molar-refractivity contribution in [2.45, 2.75) is 12.5 Å². The third-order valence-electron chi connectivity index (χ3n) is 5.78. The van der Waals surface area contributed by atoms with E-state index >= 15 is 0 Å². The lowest BCUT2D eigenvalue weighted by Gasteiger charge is -2.13. The minimum atomic E-state index is -0.448. The summed E-state index contributed by atoms with van der Waals surface area (Å²) in [6.07, 6.45) is 2.57. The number of imidazole rings is 1. The maximum atomic E-state index is 13.8. The van der Waals surface area contributed by atoms with Gasteiger partial charge in [0.05, 0.1) is 29.9 Å². The number of hydrogen-bond acceptors (Lipinski definition) is 5. The monoisotopic (exact) mass is 414 g/mol. The van der Waals surface area contributed by atoms with E-state index in [0.717, 1.165) is 30.6 Å². The number of carbonyl (C=O) groups is 1. The Bertz CT molecular complexity index is 1320. The number of fused-ring (bicyclic) bond motifs is 1. The number of esters is 1. The van der Waals surface area contributed by atoms with E-state index in [9.17, 15) is 9.59 Å². The molecule has 2 aromatic carbocycles. The van der Waals surface area contributed by atoms with Gasteiger partial charge in [0, 0.05) is 18.3 Å². The summed E-state index contributed by atoms with van der Waals surface area (Å²) in [7, 11) is 1.35. The molecule has 2 aromatic heterocycles. The highest BCUT2D eigenvalue weighted by Crippen LogP contribution is 2.30. The number of rotatable bonds is 4. The summed E-state index contributed by atoms with van der Waals surface area (Å²) in [6, 6.07) is 18.9. The van der Waals surface area contributed by atoms with Gasteiger partial charge in [-0.1, -0.05) is 36.4 Å². The van der Waals surface area contributed by atoms with Crippen LogP contribution in [0, 0.1) is 0 Å². The molecule has 3 heterocycles. The molecule has 7 heteroatoms. The molecule has 1 unspecified atom stereocenters. The number of pyridine rings is 1. The Morgan fingerprint density at radius 1 is 1.13 bits per heavy atom. The Hall–Kier alpha value is -3.71. The fourth-order valence-corrected chi connectivity index (χ4v) is 4.30. The smallest absolute Gasteiger partial charge is 0.337 e. The number of aromatic nitrogens is 3. The summed E-state index contributed by atoms with van der Waals surface area (Å²) in [5, 5.41) is 3.32. The lowest BCUT2D eigenvalue weighted by Crippen LogP contribution is -2.28. The number of nitrogens with one attached hydrogen (secondary N) is 1. The summed E-state index contributed by atoms with van der Waals surface area (Å²) in [4.78, 5) is 30.6. The van der Waals surface area contributed by atoms with Crippen LogP contribution in [0.25, 0.3) is 28.0 Å². The molecule has 1 N–H and O–H groups in total. The second kappa shape index (κ2) is 7.85. The van der Waals surface area contributed by atoms with Crippen LogP contribution < -0.4 is 11.0 Å². The van der Waals surface area contributed by atoms with Crippen LogP contribution in [0.3, 0.4) is 0 Å². The van der Waals surface area contributed by atoms with Crippen LogP contribution in [0.1, 0.15) is 22.8 Å². The average Bonchev–Trinajstić information content (AvgIpc) is 3.44. The van der Waals surface area contributed by atoms with Crippen LogP contribution in [-0.4, -0.2) is 40.3 Å². The van der Waals surface area contributed by atoms with Crippen LogP contribution in [0.5, 0.6) is 0 Å². The Kier molecular flexibility index (Phi) is 4.88. The van der Waals surface area contributed by atoms with Gasteiger partial charge in [-0.2, -0.15) is 0 Å². The number of benzene rings is 2. The van der Waals surface area contributed by atoms with E-state index in [0.29, 0.717) is 22.4 Å². The van der Waals surface area contributed by atoms with Gasteiger partial charge in [-0.25, -0.2) is 14.6 Å². The van der Waals surface area contributed by atoms with E-state index < -0.39 is 5.97 Å². The van der Waals surface area contributed by atoms with Gasteiger partial charge in [-0.3, -0.25) is 9.13 Å². The molecule has 0 saturated carbocycles. The Morgan fingerprint density at radius 2 is 1.97 bits per heavy atom. The van der Waals surface area contributed by atoms with Gasteiger partial charge >= 0.3 is 11.7 Å². The van der Waals surface area contributed by atoms with E-state index in [2.05, 4.69) is 10.3 Å². The van der Waals surface area contributed by atoms with Crippen molar-refractivity contribution in [2.75, 3.05) is 20.2 Å². The number of hydrogen-bond donors (Lipinski definition) is 1. The van der Waals surface area contributed by atoms with Gasteiger partial charge < -0.3 is 10.1 Å². The van der Waals surface area contributed by atoms with Crippen molar-refractivity contribution in [1.82, 2.24) is 19.4 Å². The number of nitrogens with zero attached hydrogens (tertiary/aromatic N) is 3. The van der Waals surface area contributed by atoms with Crippen molar-refractivity contribution in [3.63, 3.8) is 0 Å². The molecule has 0 bridgehead atoms. The van der Waals surface area contributed by atoms with Crippen molar-refractivity contribution in [2.24, 2.45) is 0 Å². The lowest BCUT2D eigenvalue weighted by molar-refractivity contribution is 0.0600. The highest BCUT2D eigenvalue weighted by atomic mass is 16.5. The summed E-state index contributed by atoms with van der Waals surface area (Å²) in [5.74, 6) is -0.448. The van der Waals surface area contributed by atoms with Crippen molar-refractivity contribution >= 4 is 17.1 Å². The zero-order valence-electron chi connectivity index (χ0n) is 17.1. The molecule has 7 nitrogen and oxygen atoms in total. The number of ether oxygens (including phenoxy) is 1. The van der Waals surface area contributed by atoms with Crippen molar-refractivity contribution in [3.05, 3.63) is 82.9 Å². The van der Waals surface area contributed by atoms with Crippen LogP contribution >= 0.6 is 0 Å². The molecule has 31 heavy (non-hydrogen) atoms. The van der Waals surface area contributed by atoms with Crippen molar-refractivity contribution in [3.8, 4) is 16.8 Å². The predicted octanol–water partition coefficient (Wildman–Crippen LogP) is 3.18. The van der Waals surface area contributed by atoms with Gasteiger partial charge in [-0.15, -0.1) is 0 Å². The molecule has 4 aromatic rings. The fourth-order valence-electron chi connectivity index (χ4n) is 4.30. The molecule has 156 valence electrons. The third-order valence-corrected chi connectivity index (χ3v) is 5.78. The highest BCUT2D eigenvalue weighted by Gasteiger charge is 2.26. The quantitative estimate of drug-likeness (QED) is 0.519. The molecule has 0 aliphatic carbocycles. The maximum Gasteiger partial charge on any atom is 0.337 e. The molecule has 1 fully saturated rings. The molecule has 1 atom stereocenters. The molecule has 1 saturated heterocycles. The van der Waals surface area contributed by atoms with E-state index in [1.54, 1.807) is 27.5 Å².